The zero-order valence-corrected chi connectivity index (χ0v) is 18.4. The van der Waals surface area contributed by atoms with E-state index in [1.54, 1.807) is 18.4 Å². The fourth-order valence-corrected chi connectivity index (χ4v) is 4.43. The van der Waals surface area contributed by atoms with E-state index >= 15 is 0 Å². The van der Waals surface area contributed by atoms with Crippen molar-refractivity contribution >= 4 is 32.6 Å². The van der Waals surface area contributed by atoms with Crippen molar-refractivity contribution in [2.75, 3.05) is 43.3 Å². The van der Waals surface area contributed by atoms with Gasteiger partial charge in [0, 0.05) is 12.8 Å². The van der Waals surface area contributed by atoms with Gasteiger partial charge in [-0.1, -0.05) is 12.1 Å². The molecule has 1 atom stereocenters. The number of ether oxygens (including phenoxy) is 2. The van der Waals surface area contributed by atoms with Gasteiger partial charge in [-0.05, 0) is 26.0 Å². The molecule has 2 aliphatic rings. The molecule has 5 rings (SSSR count). The summed E-state index contributed by atoms with van der Waals surface area (Å²) in [4.78, 5) is 16.0. The summed E-state index contributed by atoms with van der Waals surface area (Å²) in [5, 5.41) is 0. The molecule has 0 spiro atoms. The molecule has 31 heavy (non-hydrogen) atoms. The molecule has 2 aromatic heterocycles. The SMILES string of the molecule is CC(C)(c1nc(-n2c(N)nc3ccccc32)nc2c1OC[C@@H]1COCCN21)S(C)(=O)=O. The van der Waals surface area contributed by atoms with E-state index in [4.69, 9.17) is 20.2 Å². The van der Waals surface area contributed by atoms with Crippen LogP contribution in [0.25, 0.3) is 17.0 Å². The quantitative estimate of drug-likeness (QED) is 0.636. The Morgan fingerprint density at radius 3 is 2.71 bits per heavy atom. The summed E-state index contributed by atoms with van der Waals surface area (Å²) < 4.78 is 37.4. The molecular formula is C20H24N6O4S. The van der Waals surface area contributed by atoms with Crippen molar-refractivity contribution in [3.05, 3.63) is 30.0 Å². The van der Waals surface area contributed by atoms with Gasteiger partial charge in [-0.25, -0.2) is 23.0 Å². The van der Waals surface area contributed by atoms with E-state index in [1.165, 1.54) is 6.26 Å². The van der Waals surface area contributed by atoms with Crippen molar-refractivity contribution in [1.29, 1.82) is 0 Å². The van der Waals surface area contributed by atoms with Gasteiger partial charge in [0.05, 0.1) is 30.3 Å². The summed E-state index contributed by atoms with van der Waals surface area (Å²) in [7, 11) is -3.53. The van der Waals surface area contributed by atoms with Crippen molar-refractivity contribution in [3.63, 3.8) is 0 Å². The highest BCUT2D eigenvalue weighted by molar-refractivity contribution is 7.91. The summed E-state index contributed by atoms with van der Waals surface area (Å²) in [6.07, 6.45) is 1.20. The number of imidazole rings is 1. The zero-order valence-electron chi connectivity index (χ0n) is 17.6. The Balaban J connectivity index is 1.81. The lowest BCUT2D eigenvalue weighted by molar-refractivity contribution is 0.0691. The van der Waals surface area contributed by atoms with Gasteiger partial charge in [-0.15, -0.1) is 0 Å². The Hall–Kier alpha value is -2.92. The average Bonchev–Trinajstić information content (AvgIpc) is 3.07. The second-order valence-electron chi connectivity index (χ2n) is 8.33. The van der Waals surface area contributed by atoms with E-state index in [0.717, 1.165) is 5.52 Å². The number of nitrogens with two attached hydrogens (primary N) is 1. The van der Waals surface area contributed by atoms with E-state index in [0.29, 0.717) is 49.1 Å². The van der Waals surface area contributed by atoms with E-state index in [-0.39, 0.29) is 17.9 Å². The summed E-state index contributed by atoms with van der Waals surface area (Å²) >= 11 is 0. The van der Waals surface area contributed by atoms with Crippen molar-refractivity contribution in [2.24, 2.45) is 0 Å². The fourth-order valence-electron chi connectivity index (χ4n) is 3.94. The average molecular weight is 445 g/mol. The molecule has 0 radical (unpaired) electrons. The van der Waals surface area contributed by atoms with E-state index in [9.17, 15) is 8.42 Å². The molecule has 164 valence electrons. The second-order valence-corrected chi connectivity index (χ2v) is 10.9. The maximum absolute atomic E-state index is 12.7. The Bertz CT molecular complexity index is 1290. The number of rotatable bonds is 3. The van der Waals surface area contributed by atoms with Crippen LogP contribution in [0.5, 0.6) is 5.75 Å². The van der Waals surface area contributed by atoms with Gasteiger partial charge in [0.25, 0.3) is 0 Å². The lowest BCUT2D eigenvalue weighted by atomic mass is 10.1. The fraction of sp³-hybridized carbons (Fsp3) is 0.450. The molecule has 4 heterocycles. The highest BCUT2D eigenvalue weighted by Crippen LogP contribution is 2.43. The van der Waals surface area contributed by atoms with Gasteiger partial charge in [0.15, 0.2) is 21.4 Å². The Labute approximate surface area is 179 Å². The highest BCUT2D eigenvalue weighted by atomic mass is 32.2. The van der Waals surface area contributed by atoms with Crippen molar-refractivity contribution in [3.8, 4) is 11.7 Å². The maximum Gasteiger partial charge on any atom is 0.239 e. The monoisotopic (exact) mass is 444 g/mol. The van der Waals surface area contributed by atoms with Crippen LogP contribution in [0, 0.1) is 0 Å². The van der Waals surface area contributed by atoms with Crippen molar-refractivity contribution in [1.82, 2.24) is 19.5 Å². The summed E-state index contributed by atoms with van der Waals surface area (Å²) in [5.41, 5.74) is 7.96. The van der Waals surface area contributed by atoms with Crippen LogP contribution < -0.4 is 15.4 Å². The van der Waals surface area contributed by atoms with Crippen LogP contribution in [0.3, 0.4) is 0 Å². The van der Waals surface area contributed by atoms with Crippen molar-refractivity contribution in [2.45, 2.75) is 24.6 Å². The molecule has 10 nitrogen and oxygen atoms in total. The summed E-state index contributed by atoms with van der Waals surface area (Å²) in [5.74, 6) is 1.42. The normalized spacial score (nSPS) is 19.1. The first-order chi connectivity index (χ1) is 14.7. The molecule has 0 saturated carbocycles. The minimum Gasteiger partial charge on any atom is -0.486 e. The molecule has 0 amide bonds. The van der Waals surface area contributed by atoms with Gasteiger partial charge in [0.1, 0.15) is 17.0 Å². The van der Waals surface area contributed by atoms with Gasteiger partial charge in [-0.2, -0.15) is 4.98 Å². The number of aromatic nitrogens is 4. The number of para-hydroxylation sites is 2. The molecular weight excluding hydrogens is 420 g/mol. The predicted molar refractivity (Wildman–Crippen MR) is 116 cm³/mol. The largest absolute Gasteiger partial charge is 0.486 e. The lowest BCUT2D eigenvalue weighted by Gasteiger charge is -2.41. The molecule has 1 saturated heterocycles. The third-order valence-corrected chi connectivity index (χ3v) is 8.09. The number of morpholine rings is 1. The molecule has 0 bridgehead atoms. The number of hydrogen-bond acceptors (Lipinski definition) is 9. The van der Waals surface area contributed by atoms with Crippen LogP contribution in [0.1, 0.15) is 19.5 Å². The Morgan fingerprint density at radius 1 is 1.16 bits per heavy atom. The molecule has 0 unspecified atom stereocenters. The molecule has 11 heteroatoms. The third-order valence-electron chi connectivity index (χ3n) is 6.04. The minimum absolute atomic E-state index is 0.00456. The number of fused-ring (bicyclic) bond motifs is 4. The van der Waals surface area contributed by atoms with E-state index in [1.807, 2.05) is 24.3 Å². The van der Waals surface area contributed by atoms with Gasteiger partial charge in [-0.3, -0.25) is 0 Å². The minimum atomic E-state index is -3.53. The number of nitrogens with zero attached hydrogens (tertiary/aromatic N) is 5. The van der Waals surface area contributed by atoms with E-state index < -0.39 is 14.6 Å². The zero-order chi connectivity index (χ0) is 22.0. The smallest absolute Gasteiger partial charge is 0.239 e. The first-order valence-electron chi connectivity index (χ1n) is 10.0. The first kappa shape index (κ1) is 20.0. The number of anilines is 2. The van der Waals surface area contributed by atoms with Crippen LogP contribution in [0.15, 0.2) is 24.3 Å². The Morgan fingerprint density at radius 2 is 1.94 bits per heavy atom. The van der Waals surface area contributed by atoms with Crippen LogP contribution in [0.4, 0.5) is 11.8 Å². The number of hydrogen-bond donors (Lipinski definition) is 1. The highest BCUT2D eigenvalue weighted by Gasteiger charge is 2.42. The summed E-state index contributed by atoms with van der Waals surface area (Å²) in [6, 6.07) is 7.47. The van der Waals surface area contributed by atoms with Crippen LogP contribution >= 0.6 is 0 Å². The summed E-state index contributed by atoms with van der Waals surface area (Å²) in [6.45, 7) is 5.31. The van der Waals surface area contributed by atoms with Gasteiger partial charge >= 0.3 is 0 Å². The van der Waals surface area contributed by atoms with Crippen LogP contribution in [0.2, 0.25) is 0 Å². The lowest BCUT2D eigenvalue weighted by Crippen LogP contribution is -2.52. The Kier molecular flexibility index (Phi) is 4.38. The first-order valence-corrected chi connectivity index (χ1v) is 11.9. The topological polar surface area (TPSA) is 125 Å². The van der Waals surface area contributed by atoms with Gasteiger partial charge < -0.3 is 20.1 Å². The molecule has 2 aliphatic heterocycles. The molecule has 1 fully saturated rings. The molecule has 2 N–H and O–H groups in total. The number of benzene rings is 1. The van der Waals surface area contributed by atoms with Crippen molar-refractivity contribution < 1.29 is 17.9 Å². The van der Waals surface area contributed by atoms with Gasteiger partial charge in [0.2, 0.25) is 11.9 Å². The molecule has 3 aromatic rings. The van der Waals surface area contributed by atoms with E-state index in [2.05, 4.69) is 14.9 Å². The maximum atomic E-state index is 12.7. The third kappa shape index (κ3) is 3.02. The van der Waals surface area contributed by atoms with Crippen LogP contribution in [-0.2, 0) is 19.3 Å². The number of nitrogen functional groups attached to an aromatic ring is 1. The molecule has 0 aliphatic carbocycles. The standard InChI is InChI=1S/C20H24N6O4S/c1-20(2,31(3,27)28)16-15-17(25-8-9-29-10-12(25)11-30-15)24-19(23-16)26-14-7-5-4-6-13(14)22-18(26)21/h4-7,12H,8-11H2,1-3H3,(H2,21,22)/t12-/m0/s1. The predicted octanol–water partition coefficient (Wildman–Crippen LogP) is 1.27. The second kappa shape index (κ2) is 6.79. The number of sulfone groups is 1. The molecule has 1 aromatic carbocycles. The van der Waals surface area contributed by atoms with Crippen LogP contribution in [-0.4, -0.2) is 66.6 Å².